The Balaban J connectivity index is 1.61. The van der Waals surface area contributed by atoms with Gasteiger partial charge in [-0.1, -0.05) is 26.8 Å². The van der Waals surface area contributed by atoms with E-state index in [1.807, 2.05) is 6.92 Å². The maximum absolute atomic E-state index is 13.9. The molecule has 31 heavy (non-hydrogen) atoms. The highest BCUT2D eigenvalue weighted by Gasteiger charge is 2.64. The van der Waals surface area contributed by atoms with Crippen molar-refractivity contribution in [3.05, 3.63) is 11.6 Å². The number of hydrogen-bond acceptors (Lipinski definition) is 4. The van der Waals surface area contributed by atoms with E-state index in [9.17, 15) is 14.7 Å². The van der Waals surface area contributed by atoms with Crippen LogP contribution in [0.1, 0.15) is 85.5 Å². The first-order valence-electron chi connectivity index (χ1n) is 12.6. The highest BCUT2D eigenvalue weighted by molar-refractivity contribution is 5.99. The van der Waals surface area contributed by atoms with Gasteiger partial charge in [-0.25, -0.2) is 0 Å². The van der Waals surface area contributed by atoms with Gasteiger partial charge in [0.1, 0.15) is 0 Å². The van der Waals surface area contributed by atoms with Gasteiger partial charge in [0.25, 0.3) is 0 Å². The van der Waals surface area contributed by atoms with Crippen molar-refractivity contribution in [2.45, 2.75) is 91.6 Å². The molecule has 4 rings (SSSR count). The van der Waals surface area contributed by atoms with Gasteiger partial charge in [-0.2, -0.15) is 0 Å². The molecule has 4 aliphatic rings. The largest absolute Gasteiger partial charge is 0.469 e. The lowest BCUT2D eigenvalue weighted by molar-refractivity contribution is -0.150. The lowest BCUT2D eigenvalue weighted by atomic mass is 9.43. The fourth-order valence-corrected chi connectivity index (χ4v) is 8.81. The van der Waals surface area contributed by atoms with Crippen molar-refractivity contribution >= 4 is 11.8 Å². The molecular formula is C27H42O4. The number of hydrogen-bond donors (Lipinski definition) is 1. The summed E-state index contributed by atoms with van der Waals surface area (Å²) in [4.78, 5) is 25.6. The first-order valence-corrected chi connectivity index (χ1v) is 12.6. The van der Waals surface area contributed by atoms with Gasteiger partial charge in [-0.05, 0) is 104 Å². The van der Waals surface area contributed by atoms with Crippen LogP contribution in [0.2, 0.25) is 0 Å². The second-order valence-electron chi connectivity index (χ2n) is 11.7. The summed E-state index contributed by atoms with van der Waals surface area (Å²) in [6.07, 6.45) is 10.4. The molecule has 0 saturated heterocycles. The Kier molecular flexibility index (Phi) is 6.17. The molecule has 4 saturated carbocycles. The summed E-state index contributed by atoms with van der Waals surface area (Å²) in [7, 11) is 1.47. The van der Waals surface area contributed by atoms with Crippen molar-refractivity contribution in [1.82, 2.24) is 0 Å². The number of carbonyl (C=O) groups is 2. The molecule has 4 unspecified atom stereocenters. The van der Waals surface area contributed by atoms with Gasteiger partial charge in [-0.15, -0.1) is 0 Å². The van der Waals surface area contributed by atoms with Crippen molar-refractivity contribution in [3.8, 4) is 0 Å². The molecule has 0 aromatic carbocycles. The molecule has 9 atom stereocenters. The first-order chi connectivity index (χ1) is 14.7. The maximum Gasteiger partial charge on any atom is 0.305 e. The minimum Gasteiger partial charge on any atom is -0.469 e. The molecule has 0 bridgehead atoms. The predicted molar refractivity (Wildman–Crippen MR) is 121 cm³/mol. The van der Waals surface area contributed by atoms with Crippen LogP contribution in [0.4, 0.5) is 0 Å². The highest BCUT2D eigenvalue weighted by Crippen LogP contribution is 2.68. The number of allylic oxidation sites excluding steroid dienone is 2. The zero-order chi connectivity index (χ0) is 22.6. The standard InChI is InChI=1S/C27H42O4/c1-6-18-22-15-17(28)11-13-27(22,4)21-12-14-26(3)19(16(2)7-10-23(29)31-5)8-9-20(26)24(21)25(18)30/h6,16-17,19-22,24,28H,7-15H2,1-5H3/b18-6+/t16-,17-,19?,20?,21?,22+,24?,26-,27-/m1/s1. The van der Waals surface area contributed by atoms with Crippen LogP contribution in [0.25, 0.3) is 0 Å². The van der Waals surface area contributed by atoms with E-state index in [0.717, 1.165) is 44.1 Å². The van der Waals surface area contributed by atoms with Gasteiger partial charge in [0.05, 0.1) is 13.2 Å². The summed E-state index contributed by atoms with van der Waals surface area (Å²) >= 11 is 0. The van der Waals surface area contributed by atoms with E-state index in [-0.39, 0.29) is 34.7 Å². The number of fused-ring (bicyclic) bond motifs is 5. The van der Waals surface area contributed by atoms with Gasteiger partial charge in [-0.3, -0.25) is 9.59 Å². The minimum atomic E-state index is -0.266. The Morgan fingerprint density at radius 1 is 1.16 bits per heavy atom. The predicted octanol–water partition coefficient (Wildman–Crippen LogP) is 5.33. The van der Waals surface area contributed by atoms with E-state index < -0.39 is 0 Å². The quantitative estimate of drug-likeness (QED) is 0.484. The fourth-order valence-electron chi connectivity index (χ4n) is 8.81. The van der Waals surface area contributed by atoms with Gasteiger partial charge >= 0.3 is 5.97 Å². The molecule has 0 amide bonds. The van der Waals surface area contributed by atoms with Gasteiger partial charge < -0.3 is 9.84 Å². The summed E-state index contributed by atoms with van der Waals surface area (Å²) in [6.45, 7) is 9.18. The molecule has 4 nitrogen and oxygen atoms in total. The number of Topliss-reactive ketones (excluding diaryl/α,β-unsaturated/α-hetero) is 1. The van der Waals surface area contributed by atoms with E-state index in [1.54, 1.807) is 0 Å². The third kappa shape index (κ3) is 3.52. The fraction of sp³-hybridized carbons (Fsp3) is 0.852. The van der Waals surface area contributed by atoms with E-state index in [2.05, 4.69) is 26.8 Å². The number of esters is 1. The number of rotatable bonds is 4. The molecule has 0 heterocycles. The number of aliphatic hydroxyl groups excluding tert-OH is 1. The maximum atomic E-state index is 13.9. The van der Waals surface area contributed by atoms with E-state index in [1.165, 1.54) is 20.0 Å². The van der Waals surface area contributed by atoms with Crippen LogP contribution >= 0.6 is 0 Å². The van der Waals surface area contributed by atoms with Crippen LogP contribution in [-0.4, -0.2) is 30.1 Å². The van der Waals surface area contributed by atoms with E-state index in [0.29, 0.717) is 35.9 Å². The summed E-state index contributed by atoms with van der Waals surface area (Å²) in [5.41, 5.74) is 1.33. The Hall–Kier alpha value is -1.16. The molecule has 4 heteroatoms. The van der Waals surface area contributed by atoms with Crippen LogP contribution in [0.5, 0.6) is 0 Å². The summed E-state index contributed by atoms with van der Waals surface area (Å²) < 4.78 is 4.87. The zero-order valence-corrected chi connectivity index (χ0v) is 20.2. The number of carbonyl (C=O) groups excluding carboxylic acids is 2. The van der Waals surface area contributed by atoms with Crippen molar-refractivity contribution in [2.24, 2.45) is 46.3 Å². The summed E-state index contributed by atoms with van der Waals surface area (Å²) in [5.74, 6) is 2.57. The zero-order valence-electron chi connectivity index (χ0n) is 20.2. The third-order valence-corrected chi connectivity index (χ3v) is 10.5. The lowest BCUT2D eigenvalue weighted by Gasteiger charge is -2.61. The Morgan fingerprint density at radius 2 is 1.84 bits per heavy atom. The molecule has 0 radical (unpaired) electrons. The SMILES string of the molecule is C/C=C1/C(=O)C2C3CCC([C@H](C)CCC(=O)OC)[C@@]3(C)CCC2[C@@]2(C)CC[C@@H](O)C[C@@H]12. The molecule has 0 spiro atoms. The van der Waals surface area contributed by atoms with E-state index >= 15 is 0 Å². The van der Waals surface area contributed by atoms with Crippen molar-refractivity contribution in [1.29, 1.82) is 0 Å². The van der Waals surface area contributed by atoms with Crippen molar-refractivity contribution < 1.29 is 19.4 Å². The third-order valence-electron chi connectivity index (χ3n) is 10.5. The number of ketones is 1. The summed E-state index contributed by atoms with van der Waals surface area (Å²) in [5, 5.41) is 10.4. The molecule has 0 aromatic rings. The topological polar surface area (TPSA) is 63.6 Å². The number of aliphatic hydroxyl groups is 1. The normalized spacial score (nSPS) is 46.8. The highest BCUT2D eigenvalue weighted by atomic mass is 16.5. The van der Waals surface area contributed by atoms with Crippen LogP contribution in [0.15, 0.2) is 11.6 Å². The number of ether oxygens (including phenoxy) is 1. The van der Waals surface area contributed by atoms with Gasteiger partial charge in [0, 0.05) is 12.3 Å². The van der Waals surface area contributed by atoms with Gasteiger partial charge in [0.2, 0.25) is 0 Å². The Morgan fingerprint density at radius 3 is 2.52 bits per heavy atom. The molecule has 0 aromatic heterocycles. The Labute approximate surface area is 188 Å². The molecule has 0 aliphatic heterocycles. The molecule has 1 N–H and O–H groups in total. The van der Waals surface area contributed by atoms with Crippen molar-refractivity contribution in [2.75, 3.05) is 7.11 Å². The van der Waals surface area contributed by atoms with E-state index in [4.69, 9.17) is 4.74 Å². The summed E-state index contributed by atoms with van der Waals surface area (Å²) in [6, 6.07) is 0. The molecule has 174 valence electrons. The van der Waals surface area contributed by atoms with Gasteiger partial charge in [0.15, 0.2) is 5.78 Å². The first kappa shape index (κ1) is 23.0. The average molecular weight is 431 g/mol. The average Bonchev–Trinajstić information content (AvgIpc) is 3.10. The molecule has 4 fully saturated rings. The van der Waals surface area contributed by atoms with Crippen LogP contribution in [0, 0.1) is 46.3 Å². The molecular weight excluding hydrogens is 388 g/mol. The lowest BCUT2D eigenvalue weighted by Crippen LogP contribution is -2.58. The number of methoxy groups -OCH3 is 1. The van der Waals surface area contributed by atoms with Crippen LogP contribution < -0.4 is 0 Å². The molecule has 4 aliphatic carbocycles. The Bertz CT molecular complexity index is 756. The second kappa shape index (κ2) is 8.32. The monoisotopic (exact) mass is 430 g/mol. The minimum absolute atomic E-state index is 0.117. The van der Waals surface area contributed by atoms with Crippen LogP contribution in [0.3, 0.4) is 0 Å². The second-order valence-corrected chi connectivity index (χ2v) is 11.7. The van der Waals surface area contributed by atoms with Crippen molar-refractivity contribution in [3.63, 3.8) is 0 Å². The van der Waals surface area contributed by atoms with Crippen LogP contribution in [-0.2, 0) is 14.3 Å². The smallest absolute Gasteiger partial charge is 0.305 e.